The van der Waals surface area contributed by atoms with Gasteiger partial charge in [0.1, 0.15) is 12.4 Å². The second kappa shape index (κ2) is 9.62. The predicted octanol–water partition coefficient (Wildman–Crippen LogP) is 4.95. The Morgan fingerprint density at radius 1 is 1.08 bits per heavy atom. The van der Waals surface area contributed by atoms with Crippen LogP contribution >= 0.6 is 23.2 Å². The lowest BCUT2D eigenvalue weighted by Gasteiger charge is -2.09. The molecule has 0 aliphatic heterocycles. The van der Waals surface area contributed by atoms with Gasteiger partial charge in [-0.25, -0.2) is 4.98 Å². The lowest BCUT2D eigenvalue weighted by molar-refractivity contribution is 0.306. The number of rotatable bonds is 9. The molecule has 0 aliphatic rings. The molecule has 2 aromatic carbocycles. The molecule has 1 N–H and O–H groups in total. The predicted molar refractivity (Wildman–Crippen MR) is 106 cm³/mol. The smallest absolute Gasteiger partial charge is 0.119 e. The molecule has 3 rings (SSSR count). The van der Waals surface area contributed by atoms with Gasteiger partial charge in [0.15, 0.2) is 0 Å². The van der Waals surface area contributed by atoms with E-state index in [2.05, 4.69) is 27.0 Å². The summed E-state index contributed by atoms with van der Waals surface area (Å²) in [6.07, 6.45) is 6.70. The van der Waals surface area contributed by atoms with Crippen LogP contribution < -0.4 is 10.1 Å². The van der Waals surface area contributed by atoms with Crippen LogP contribution in [0.5, 0.6) is 5.75 Å². The Kier molecular flexibility index (Phi) is 6.95. The first kappa shape index (κ1) is 18.8. The summed E-state index contributed by atoms with van der Waals surface area (Å²) in [6, 6.07) is 13.5. The minimum Gasteiger partial charge on any atom is -0.489 e. The van der Waals surface area contributed by atoms with E-state index in [1.807, 2.05) is 36.8 Å². The van der Waals surface area contributed by atoms with Crippen molar-refractivity contribution < 1.29 is 4.74 Å². The topological polar surface area (TPSA) is 39.1 Å². The van der Waals surface area contributed by atoms with E-state index >= 15 is 0 Å². The molecule has 0 aliphatic carbocycles. The molecule has 1 aromatic heterocycles. The largest absolute Gasteiger partial charge is 0.489 e. The molecule has 0 amide bonds. The van der Waals surface area contributed by atoms with Gasteiger partial charge in [0, 0.05) is 41.1 Å². The van der Waals surface area contributed by atoms with Crippen molar-refractivity contribution in [2.75, 3.05) is 6.54 Å². The maximum Gasteiger partial charge on any atom is 0.119 e. The Bertz CT molecular complexity index is 804. The Hall–Kier alpha value is -2.01. The Labute approximate surface area is 163 Å². The van der Waals surface area contributed by atoms with Gasteiger partial charge in [0.05, 0.1) is 6.33 Å². The molecule has 136 valence electrons. The number of ether oxygens (including phenoxy) is 1. The highest BCUT2D eigenvalue weighted by Gasteiger charge is 2.03. The van der Waals surface area contributed by atoms with Crippen LogP contribution in [-0.4, -0.2) is 16.1 Å². The molecule has 26 heavy (non-hydrogen) atoms. The summed E-state index contributed by atoms with van der Waals surface area (Å²) in [7, 11) is 0. The molecule has 3 aromatic rings. The molecule has 1 heterocycles. The second-order valence-electron chi connectivity index (χ2n) is 6.00. The number of aryl methyl sites for hydroxylation is 1. The Balaban J connectivity index is 1.39. The molecule has 6 heteroatoms. The number of hydrogen-bond donors (Lipinski definition) is 1. The van der Waals surface area contributed by atoms with Crippen molar-refractivity contribution in [3.05, 3.63) is 82.4 Å². The van der Waals surface area contributed by atoms with Crippen molar-refractivity contribution in [3.63, 3.8) is 0 Å². The van der Waals surface area contributed by atoms with Gasteiger partial charge in [-0.1, -0.05) is 41.4 Å². The number of nitrogens with zero attached hydrogens (tertiary/aromatic N) is 2. The summed E-state index contributed by atoms with van der Waals surface area (Å²) in [4.78, 5) is 4.04. The SMILES string of the molecule is Clc1ccc(COc2ccc(CNCCCn3ccnc3)cc2)c(Cl)c1. The highest BCUT2D eigenvalue weighted by atomic mass is 35.5. The van der Waals surface area contributed by atoms with Crippen molar-refractivity contribution in [1.82, 2.24) is 14.9 Å². The standard InChI is InChI=1S/C20H21Cl2N3O/c21-18-5-4-17(20(22)12-18)14-26-19-6-2-16(3-7-19)13-23-8-1-10-25-11-9-24-15-25/h2-7,9,11-12,15,23H,1,8,10,13-14H2. The van der Waals surface area contributed by atoms with Gasteiger partial charge < -0.3 is 14.6 Å². The van der Waals surface area contributed by atoms with Crippen LogP contribution in [0.25, 0.3) is 0 Å². The zero-order valence-corrected chi connectivity index (χ0v) is 15.9. The third-order valence-electron chi connectivity index (χ3n) is 3.99. The molecule has 0 unspecified atom stereocenters. The van der Waals surface area contributed by atoms with Gasteiger partial charge >= 0.3 is 0 Å². The normalized spacial score (nSPS) is 10.8. The van der Waals surface area contributed by atoms with E-state index in [0.717, 1.165) is 37.4 Å². The third kappa shape index (κ3) is 5.77. The lowest BCUT2D eigenvalue weighted by atomic mass is 10.2. The van der Waals surface area contributed by atoms with E-state index in [4.69, 9.17) is 27.9 Å². The number of aromatic nitrogens is 2. The molecule has 0 atom stereocenters. The fraction of sp³-hybridized carbons (Fsp3) is 0.250. The zero-order valence-electron chi connectivity index (χ0n) is 14.4. The number of halogens is 2. The molecule has 4 nitrogen and oxygen atoms in total. The monoisotopic (exact) mass is 389 g/mol. The van der Waals surface area contributed by atoms with Crippen LogP contribution in [0.15, 0.2) is 61.2 Å². The summed E-state index contributed by atoms with van der Waals surface area (Å²) in [5, 5.41) is 4.69. The van der Waals surface area contributed by atoms with Gasteiger partial charge in [0.25, 0.3) is 0 Å². The van der Waals surface area contributed by atoms with Crippen molar-refractivity contribution in [2.45, 2.75) is 26.1 Å². The summed E-state index contributed by atoms with van der Waals surface area (Å²) in [6.45, 7) is 3.20. The summed E-state index contributed by atoms with van der Waals surface area (Å²) in [5.41, 5.74) is 2.14. The first-order chi connectivity index (χ1) is 12.7. The molecule has 0 saturated carbocycles. The van der Waals surface area contributed by atoms with Crippen LogP contribution in [0.4, 0.5) is 0 Å². The average molecular weight is 390 g/mol. The van der Waals surface area contributed by atoms with Crippen molar-refractivity contribution in [1.29, 1.82) is 0 Å². The maximum atomic E-state index is 6.16. The number of imidazole rings is 1. The number of nitrogens with one attached hydrogen (secondary N) is 1. The van der Waals surface area contributed by atoms with Crippen molar-refractivity contribution in [2.24, 2.45) is 0 Å². The Morgan fingerprint density at radius 2 is 1.92 bits per heavy atom. The molecule has 0 bridgehead atoms. The number of hydrogen-bond acceptors (Lipinski definition) is 3. The van der Waals surface area contributed by atoms with Crippen LogP contribution in [0.2, 0.25) is 10.0 Å². The van der Waals surface area contributed by atoms with Crippen LogP contribution in [-0.2, 0) is 19.7 Å². The van der Waals surface area contributed by atoms with Gasteiger partial charge in [-0.2, -0.15) is 0 Å². The van der Waals surface area contributed by atoms with Crippen LogP contribution in [0.1, 0.15) is 17.5 Å². The van der Waals surface area contributed by atoms with Gasteiger partial charge in [-0.3, -0.25) is 0 Å². The third-order valence-corrected chi connectivity index (χ3v) is 4.58. The van der Waals surface area contributed by atoms with E-state index in [-0.39, 0.29) is 0 Å². The lowest BCUT2D eigenvalue weighted by Crippen LogP contribution is -2.16. The summed E-state index contributed by atoms with van der Waals surface area (Å²) in [5.74, 6) is 0.819. The molecule has 0 fully saturated rings. The molecular weight excluding hydrogens is 369 g/mol. The minimum atomic E-state index is 0.419. The van der Waals surface area contributed by atoms with E-state index < -0.39 is 0 Å². The fourth-order valence-electron chi connectivity index (χ4n) is 2.54. The van der Waals surface area contributed by atoms with Gasteiger partial charge in [-0.05, 0) is 42.8 Å². The van der Waals surface area contributed by atoms with Crippen LogP contribution in [0, 0.1) is 0 Å². The van der Waals surface area contributed by atoms with Crippen LogP contribution in [0.3, 0.4) is 0 Å². The van der Waals surface area contributed by atoms with Crippen molar-refractivity contribution in [3.8, 4) is 5.75 Å². The highest BCUT2D eigenvalue weighted by Crippen LogP contribution is 2.22. The maximum absolute atomic E-state index is 6.16. The molecule has 0 radical (unpaired) electrons. The van der Waals surface area contributed by atoms with Gasteiger partial charge in [0.2, 0.25) is 0 Å². The molecule has 0 saturated heterocycles. The van der Waals surface area contributed by atoms with E-state index in [1.54, 1.807) is 12.3 Å². The summed E-state index contributed by atoms with van der Waals surface area (Å²) < 4.78 is 7.88. The first-order valence-corrected chi connectivity index (χ1v) is 9.28. The van der Waals surface area contributed by atoms with E-state index in [1.165, 1.54) is 5.56 Å². The minimum absolute atomic E-state index is 0.419. The zero-order chi connectivity index (χ0) is 18.2. The van der Waals surface area contributed by atoms with E-state index in [0.29, 0.717) is 16.7 Å². The fourth-order valence-corrected chi connectivity index (χ4v) is 3.00. The quantitative estimate of drug-likeness (QED) is 0.526. The van der Waals surface area contributed by atoms with Crippen molar-refractivity contribution >= 4 is 23.2 Å². The van der Waals surface area contributed by atoms with E-state index in [9.17, 15) is 0 Å². The second-order valence-corrected chi connectivity index (χ2v) is 6.84. The number of benzene rings is 2. The average Bonchev–Trinajstić information content (AvgIpc) is 3.15. The molecular formula is C20H21Cl2N3O. The Morgan fingerprint density at radius 3 is 2.65 bits per heavy atom. The van der Waals surface area contributed by atoms with Gasteiger partial charge in [-0.15, -0.1) is 0 Å². The molecule has 0 spiro atoms. The first-order valence-electron chi connectivity index (χ1n) is 8.53. The summed E-state index contributed by atoms with van der Waals surface area (Å²) >= 11 is 12.1. The highest BCUT2D eigenvalue weighted by molar-refractivity contribution is 6.35.